The normalized spacial score (nSPS) is 35.4. The molecule has 0 spiro atoms. The van der Waals surface area contributed by atoms with Gasteiger partial charge in [-0.2, -0.15) is 0 Å². The minimum absolute atomic E-state index is 0.00703. The van der Waals surface area contributed by atoms with Crippen LogP contribution in [0.2, 0.25) is 0 Å². The summed E-state index contributed by atoms with van der Waals surface area (Å²) >= 11 is 0. The van der Waals surface area contributed by atoms with Crippen LogP contribution in [-0.4, -0.2) is 89.7 Å². The van der Waals surface area contributed by atoms with Gasteiger partial charge in [0, 0.05) is 13.5 Å². The number of carboxylic acid groups (broad SMARTS) is 1. The van der Waals surface area contributed by atoms with E-state index in [1.54, 1.807) is 7.11 Å². The van der Waals surface area contributed by atoms with Crippen molar-refractivity contribution in [3.05, 3.63) is 0 Å². The Morgan fingerprint density at radius 3 is 2.05 bits per heavy atom. The van der Waals surface area contributed by atoms with Gasteiger partial charge in [-0.05, 0) is 111 Å². The van der Waals surface area contributed by atoms with Crippen molar-refractivity contribution >= 4 is 11.9 Å². The summed E-state index contributed by atoms with van der Waals surface area (Å²) in [5.74, 6) is 3.11. The summed E-state index contributed by atoms with van der Waals surface area (Å²) in [6.45, 7) is 11.3. The van der Waals surface area contributed by atoms with Gasteiger partial charge in [-0.1, -0.05) is 20.8 Å². The van der Waals surface area contributed by atoms with Crippen LogP contribution in [0, 0.1) is 46.3 Å². The van der Waals surface area contributed by atoms with Gasteiger partial charge >= 0.3 is 11.9 Å². The van der Waals surface area contributed by atoms with E-state index in [1.807, 2.05) is 0 Å². The molecule has 4 aliphatic carbocycles. The van der Waals surface area contributed by atoms with Gasteiger partial charge in [-0.15, -0.1) is 0 Å². The lowest BCUT2D eigenvalue weighted by Crippen LogP contribution is -2.54. The van der Waals surface area contributed by atoms with Crippen molar-refractivity contribution in [1.29, 1.82) is 0 Å². The van der Waals surface area contributed by atoms with E-state index in [4.69, 9.17) is 28.4 Å². The summed E-state index contributed by atoms with van der Waals surface area (Å²) in [4.78, 5) is 23.8. The predicted molar refractivity (Wildman–Crippen MR) is 166 cm³/mol. The van der Waals surface area contributed by atoms with Crippen LogP contribution in [0.25, 0.3) is 0 Å². The number of ether oxygens (including phenoxy) is 6. The van der Waals surface area contributed by atoms with Crippen molar-refractivity contribution < 1.29 is 43.1 Å². The summed E-state index contributed by atoms with van der Waals surface area (Å²) in [7, 11) is 1.65. The molecule has 1 N–H and O–H groups in total. The van der Waals surface area contributed by atoms with E-state index in [-0.39, 0.29) is 18.7 Å². The number of carbonyl (C=O) groups excluding carboxylic acids is 1. The van der Waals surface area contributed by atoms with E-state index < -0.39 is 5.97 Å². The minimum atomic E-state index is -0.667. The Balaban J connectivity index is 1.12. The molecule has 0 aliphatic heterocycles. The highest BCUT2D eigenvalue weighted by molar-refractivity contribution is 5.70. The fourth-order valence-corrected chi connectivity index (χ4v) is 10.0. The third-order valence-electron chi connectivity index (χ3n) is 12.3. The van der Waals surface area contributed by atoms with E-state index in [9.17, 15) is 14.7 Å². The number of hydrogen-bond donors (Lipinski definition) is 1. The molecule has 0 radical (unpaired) electrons. The number of hydrogen-bond acceptors (Lipinski definition) is 8. The molecule has 0 aromatic heterocycles. The number of methoxy groups -OCH3 is 1. The largest absolute Gasteiger partial charge is 0.481 e. The molecule has 0 amide bonds. The summed E-state index contributed by atoms with van der Waals surface area (Å²) < 4.78 is 32.6. The molecule has 9 heteroatoms. The Hall–Kier alpha value is -1.26. The van der Waals surface area contributed by atoms with Crippen LogP contribution in [0.1, 0.15) is 91.4 Å². The number of carboxylic acids is 1. The average molecular weight is 625 g/mol. The quantitative estimate of drug-likeness (QED) is 0.141. The molecule has 4 aliphatic rings. The predicted octanol–water partition coefficient (Wildman–Crippen LogP) is 5.77. The summed E-state index contributed by atoms with van der Waals surface area (Å²) in [6.07, 6.45) is 11.8. The molecule has 0 heterocycles. The average Bonchev–Trinajstić information content (AvgIpc) is 3.35. The van der Waals surface area contributed by atoms with Gasteiger partial charge in [0.2, 0.25) is 0 Å². The highest BCUT2D eigenvalue weighted by atomic mass is 16.6. The van der Waals surface area contributed by atoms with Crippen molar-refractivity contribution in [2.75, 3.05) is 66.6 Å². The minimum Gasteiger partial charge on any atom is -0.481 e. The molecule has 44 heavy (non-hydrogen) atoms. The molecular weight excluding hydrogens is 564 g/mol. The van der Waals surface area contributed by atoms with Crippen LogP contribution < -0.4 is 0 Å². The number of carbonyl (C=O) groups is 2. The Labute approximate surface area is 265 Å². The Bertz CT molecular complexity index is 897. The van der Waals surface area contributed by atoms with Crippen LogP contribution in [-0.2, 0) is 38.0 Å². The fourth-order valence-electron chi connectivity index (χ4n) is 10.0. The first-order valence-electron chi connectivity index (χ1n) is 17.4. The lowest BCUT2D eigenvalue weighted by molar-refractivity contribution is -0.167. The maximum atomic E-state index is 12.6. The van der Waals surface area contributed by atoms with Crippen molar-refractivity contribution in [2.24, 2.45) is 46.3 Å². The molecule has 4 rings (SSSR count). The number of rotatable bonds is 19. The summed E-state index contributed by atoms with van der Waals surface area (Å²) in [5.41, 5.74) is 0.683. The topological polar surface area (TPSA) is 110 Å². The standard InChI is InChI=1S/C35H60O9/c1-25(5-10-32(36)37)29-8-9-30-28-7-6-26-23-27(11-13-34(26,2)31(28)12-14-35(29,30)3)44-33(38)24-43-22-21-42-20-19-41-18-17-40-16-15-39-4/h25-31H,5-24H2,1-4H3,(H,36,37)/t25-,26-,27+,28+,29-,30+,31+,34+,35-/m1/s1. The first-order chi connectivity index (χ1) is 21.2. The van der Waals surface area contributed by atoms with Gasteiger partial charge in [-0.3, -0.25) is 4.79 Å². The van der Waals surface area contributed by atoms with E-state index in [1.165, 1.54) is 38.5 Å². The van der Waals surface area contributed by atoms with Gasteiger partial charge < -0.3 is 33.5 Å². The molecule has 9 atom stereocenters. The Kier molecular flexibility index (Phi) is 13.8. The van der Waals surface area contributed by atoms with E-state index in [2.05, 4.69) is 20.8 Å². The van der Waals surface area contributed by atoms with Crippen molar-refractivity contribution in [3.8, 4) is 0 Å². The highest BCUT2D eigenvalue weighted by Gasteiger charge is 2.60. The molecule has 0 bridgehead atoms. The number of aliphatic carboxylic acids is 1. The van der Waals surface area contributed by atoms with Crippen molar-refractivity contribution in [1.82, 2.24) is 0 Å². The molecule has 4 fully saturated rings. The molecule has 254 valence electrons. The summed E-state index contributed by atoms with van der Waals surface area (Å²) in [5, 5.41) is 9.23. The van der Waals surface area contributed by atoms with Crippen LogP contribution in [0.15, 0.2) is 0 Å². The van der Waals surface area contributed by atoms with Crippen LogP contribution >= 0.6 is 0 Å². The Morgan fingerprint density at radius 2 is 1.39 bits per heavy atom. The first kappa shape index (κ1) is 35.6. The lowest BCUT2D eigenvalue weighted by atomic mass is 9.44. The van der Waals surface area contributed by atoms with Gasteiger partial charge in [0.05, 0.1) is 52.9 Å². The smallest absolute Gasteiger partial charge is 0.332 e. The van der Waals surface area contributed by atoms with Crippen LogP contribution in [0.5, 0.6) is 0 Å². The second-order valence-corrected chi connectivity index (χ2v) is 14.6. The van der Waals surface area contributed by atoms with Gasteiger partial charge in [-0.25, -0.2) is 4.79 Å². The SMILES string of the molecule is COCCOCCOCCOCCOCC(=O)O[C@H]1CC[C@@]2(C)[C@H](CC[C@@H]3[C@@H]2CC[C@]2(C)[C@@H]([C@H](C)CCC(=O)O)CC[C@@H]32)C1. The van der Waals surface area contributed by atoms with Crippen LogP contribution in [0.3, 0.4) is 0 Å². The zero-order valence-corrected chi connectivity index (χ0v) is 27.9. The highest BCUT2D eigenvalue weighted by Crippen LogP contribution is 2.68. The monoisotopic (exact) mass is 624 g/mol. The second-order valence-electron chi connectivity index (χ2n) is 14.6. The third-order valence-corrected chi connectivity index (χ3v) is 12.3. The Morgan fingerprint density at radius 1 is 0.773 bits per heavy atom. The van der Waals surface area contributed by atoms with Crippen LogP contribution in [0.4, 0.5) is 0 Å². The van der Waals surface area contributed by atoms with Crippen molar-refractivity contribution in [2.45, 2.75) is 97.5 Å². The maximum Gasteiger partial charge on any atom is 0.332 e. The molecule has 0 unspecified atom stereocenters. The molecule has 0 saturated heterocycles. The van der Waals surface area contributed by atoms with E-state index in [0.717, 1.165) is 43.4 Å². The fraction of sp³-hybridized carbons (Fsp3) is 0.943. The van der Waals surface area contributed by atoms with Gasteiger partial charge in [0.15, 0.2) is 0 Å². The van der Waals surface area contributed by atoms with E-state index >= 15 is 0 Å². The lowest BCUT2D eigenvalue weighted by Gasteiger charge is -2.61. The molecular formula is C35H60O9. The number of fused-ring (bicyclic) bond motifs is 5. The molecule has 9 nitrogen and oxygen atoms in total. The van der Waals surface area contributed by atoms with E-state index in [0.29, 0.717) is 87.9 Å². The molecule has 0 aromatic carbocycles. The first-order valence-corrected chi connectivity index (χ1v) is 17.4. The second kappa shape index (κ2) is 17.1. The molecule has 0 aromatic rings. The van der Waals surface area contributed by atoms with Gasteiger partial charge in [0.25, 0.3) is 0 Å². The third kappa shape index (κ3) is 8.96. The van der Waals surface area contributed by atoms with Gasteiger partial charge in [0.1, 0.15) is 12.7 Å². The maximum absolute atomic E-state index is 12.6. The zero-order chi connectivity index (χ0) is 31.6. The number of esters is 1. The molecule has 4 saturated carbocycles. The zero-order valence-electron chi connectivity index (χ0n) is 27.9. The summed E-state index contributed by atoms with van der Waals surface area (Å²) in [6, 6.07) is 0. The van der Waals surface area contributed by atoms with Crippen molar-refractivity contribution in [3.63, 3.8) is 0 Å².